The number of methoxy groups -OCH3 is 1. The lowest BCUT2D eigenvalue weighted by atomic mass is 10.3. The van der Waals surface area contributed by atoms with Gasteiger partial charge in [-0.1, -0.05) is 13.3 Å². The smallest absolute Gasteiger partial charge is 0.295 e. The van der Waals surface area contributed by atoms with Crippen LogP contribution in [0, 0.1) is 5.41 Å². The zero-order valence-electron chi connectivity index (χ0n) is 11.5. The molecular formula is C12H22N4O2. The molecule has 0 aromatic carbocycles. The van der Waals surface area contributed by atoms with Gasteiger partial charge in [0.15, 0.2) is 5.82 Å². The summed E-state index contributed by atoms with van der Waals surface area (Å²) in [5, 5.41) is 10.8. The Hall–Kier alpha value is -1.56. The van der Waals surface area contributed by atoms with Crippen molar-refractivity contribution in [2.24, 2.45) is 0 Å². The van der Waals surface area contributed by atoms with Crippen molar-refractivity contribution in [2.75, 3.05) is 19.0 Å². The molecule has 1 atom stereocenters. The second-order valence-electron chi connectivity index (χ2n) is 4.11. The number of H-pyrrole nitrogens is 1. The fourth-order valence-corrected chi connectivity index (χ4v) is 1.46. The molecule has 102 valence electrons. The predicted molar refractivity (Wildman–Crippen MR) is 71.6 cm³/mol. The summed E-state index contributed by atoms with van der Waals surface area (Å²) >= 11 is 0. The van der Waals surface area contributed by atoms with Gasteiger partial charge >= 0.3 is 0 Å². The van der Waals surface area contributed by atoms with E-state index in [2.05, 4.69) is 22.2 Å². The number of aromatic amines is 1. The number of hydrogen-bond donors (Lipinski definition) is 3. The van der Waals surface area contributed by atoms with E-state index in [9.17, 15) is 0 Å². The summed E-state index contributed by atoms with van der Waals surface area (Å²) in [6.45, 7) is 6.45. The van der Waals surface area contributed by atoms with Crippen molar-refractivity contribution in [1.29, 1.82) is 5.41 Å². The molecule has 0 radical (unpaired) electrons. The van der Waals surface area contributed by atoms with E-state index in [1.54, 1.807) is 6.92 Å². The molecule has 0 spiro atoms. The average molecular weight is 254 g/mol. The van der Waals surface area contributed by atoms with Crippen LogP contribution in [0.25, 0.3) is 0 Å². The third-order valence-electron chi connectivity index (χ3n) is 2.46. The Kier molecular flexibility index (Phi) is 5.64. The van der Waals surface area contributed by atoms with E-state index >= 15 is 0 Å². The summed E-state index contributed by atoms with van der Waals surface area (Å²) in [5.74, 6) is 0.586. The standard InChI is InChI=1S/C12H22N4O2/c1-5-6-7-18-9(3)14-11-10(8(2)13)15-12(16-11)17-4/h9,13-14H,5-7H2,1-4H3,(H,15,16). The zero-order chi connectivity index (χ0) is 13.5. The molecule has 0 aliphatic carbocycles. The van der Waals surface area contributed by atoms with Crippen LogP contribution in [0.2, 0.25) is 0 Å². The number of nitrogens with zero attached hydrogens (tertiary/aromatic N) is 1. The van der Waals surface area contributed by atoms with Crippen molar-refractivity contribution in [3.05, 3.63) is 5.69 Å². The monoisotopic (exact) mass is 254 g/mol. The number of ether oxygens (including phenoxy) is 2. The van der Waals surface area contributed by atoms with Gasteiger partial charge in [0, 0.05) is 6.61 Å². The van der Waals surface area contributed by atoms with E-state index < -0.39 is 0 Å². The lowest BCUT2D eigenvalue weighted by Gasteiger charge is -2.14. The molecule has 1 aromatic heterocycles. The van der Waals surface area contributed by atoms with Crippen molar-refractivity contribution < 1.29 is 9.47 Å². The highest BCUT2D eigenvalue weighted by Gasteiger charge is 2.14. The van der Waals surface area contributed by atoms with E-state index in [-0.39, 0.29) is 6.23 Å². The first-order valence-electron chi connectivity index (χ1n) is 6.16. The van der Waals surface area contributed by atoms with Crippen LogP contribution in [0.3, 0.4) is 0 Å². The maximum absolute atomic E-state index is 7.67. The Balaban J connectivity index is 2.64. The Morgan fingerprint density at radius 3 is 2.83 bits per heavy atom. The Morgan fingerprint density at radius 1 is 1.56 bits per heavy atom. The number of nitrogens with one attached hydrogen (secondary N) is 3. The molecule has 6 heteroatoms. The first kappa shape index (κ1) is 14.5. The quantitative estimate of drug-likeness (QED) is 0.378. The molecular weight excluding hydrogens is 232 g/mol. The summed E-state index contributed by atoms with van der Waals surface area (Å²) in [5.41, 5.74) is 1.02. The van der Waals surface area contributed by atoms with Crippen LogP contribution in [-0.4, -0.2) is 35.6 Å². The van der Waals surface area contributed by atoms with Crippen molar-refractivity contribution in [3.63, 3.8) is 0 Å². The topological polar surface area (TPSA) is 83.0 Å². The van der Waals surface area contributed by atoms with E-state index in [4.69, 9.17) is 14.9 Å². The average Bonchev–Trinajstić information content (AvgIpc) is 2.72. The van der Waals surface area contributed by atoms with Gasteiger partial charge in [-0.05, 0) is 20.3 Å². The van der Waals surface area contributed by atoms with E-state index in [1.165, 1.54) is 7.11 Å². The Labute approximate surface area is 108 Å². The summed E-state index contributed by atoms with van der Waals surface area (Å²) in [4.78, 5) is 7.14. The summed E-state index contributed by atoms with van der Waals surface area (Å²) in [7, 11) is 1.53. The molecule has 1 aromatic rings. The number of aromatic nitrogens is 2. The molecule has 1 rings (SSSR count). The number of imidazole rings is 1. The van der Waals surface area contributed by atoms with Crippen LogP contribution in [0.15, 0.2) is 0 Å². The lowest BCUT2D eigenvalue weighted by molar-refractivity contribution is 0.0823. The Morgan fingerprint density at radius 2 is 2.28 bits per heavy atom. The molecule has 0 fully saturated rings. The fraction of sp³-hybridized carbons (Fsp3) is 0.667. The van der Waals surface area contributed by atoms with Crippen LogP contribution in [0.4, 0.5) is 5.82 Å². The highest BCUT2D eigenvalue weighted by Crippen LogP contribution is 2.18. The molecule has 1 unspecified atom stereocenters. The predicted octanol–water partition coefficient (Wildman–Crippen LogP) is 2.38. The van der Waals surface area contributed by atoms with E-state index in [0.717, 1.165) is 12.8 Å². The molecule has 0 aliphatic heterocycles. The second kappa shape index (κ2) is 7.00. The van der Waals surface area contributed by atoms with E-state index in [0.29, 0.717) is 29.8 Å². The molecule has 0 saturated carbocycles. The van der Waals surface area contributed by atoms with Gasteiger partial charge in [0.25, 0.3) is 6.01 Å². The van der Waals surface area contributed by atoms with Crippen molar-refractivity contribution in [2.45, 2.75) is 39.8 Å². The third-order valence-corrected chi connectivity index (χ3v) is 2.46. The van der Waals surface area contributed by atoms with Gasteiger partial charge in [-0.25, -0.2) is 0 Å². The highest BCUT2D eigenvalue weighted by molar-refractivity contribution is 5.99. The molecule has 0 aliphatic rings. The Bertz CT molecular complexity index is 389. The van der Waals surface area contributed by atoms with Crippen molar-refractivity contribution in [1.82, 2.24) is 9.97 Å². The van der Waals surface area contributed by atoms with Gasteiger partial charge < -0.3 is 25.2 Å². The van der Waals surface area contributed by atoms with Gasteiger partial charge in [-0.15, -0.1) is 0 Å². The summed E-state index contributed by atoms with van der Waals surface area (Å²) in [6.07, 6.45) is 1.99. The lowest BCUT2D eigenvalue weighted by Crippen LogP contribution is -2.21. The zero-order valence-corrected chi connectivity index (χ0v) is 11.5. The number of anilines is 1. The van der Waals surface area contributed by atoms with Crippen LogP contribution < -0.4 is 10.1 Å². The summed E-state index contributed by atoms with van der Waals surface area (Å²) < 4.78 is 10.6. The first-order chi connectivity index (χ1) is 8.58. The second-order valence-corrected chi connectivity index (χ2v) is 4.11. The van der Waals surface area contributed by atoms with Crippen LogP contribution >= 0.6 is 0 Å². The molecule has 18 heavy (non-hydrogen) atoms. The maximum atomic E-state index is 7.67. The minimum absolute atomic E-state index is 0.150. The van der Waals surface area contributed by atoms with Gasteiger partial charge in [-0.2, -0.15) is 4.98 Å². The van der Waals surface area contributed by atoms with Crippen LogP contribution in [0.1, 0.15) is 39.3 Å². The molecule has 0 bridgehead atoms. The van der Waals surface area contributed by atoms with Gasteiger partial charge in [-0.3, -0.25) is 0 Å². The van der Waals surface area contributed by atoms with Crippen LogP contribution in [-0.2, 0) is 4.74 Å². The maximum Gasteiger partial charge on any atom is 0.295 e. The SMILES string of the molecule is CCCCOC(C)Nc1nc(OC)[nH]c1C(C)=N. The highest BCUT2D eigenvalue weighted by atomic mass is 16.5. The van der Waals surface area contributed by atoms with Gasteiger partial charge in [0.05, 0.1) is 12.8 Å². The number of unbranched alkanes of at least 4 members (excludes halogenated alkanes) is 1. The number of rotatable bonds is 8. The van der Waals surface area contributed by atoms with Gasteiger partial charge in [0.2, 0.25) is 0 Å². The molecule has 3 N–H and O–H groups in total. The fourth-order valence-electron chi connectivity index (χ4n) is 1.46. The number of hydrogen-bond acceptors (Lipinski definition) is 5. The van der Waals surface area contributed by atoms with Crippen molar-refractivity contribution in [3.8, 4) is 6.01 Å². The summed E-state index contributed by atoms with van der Waals surface area (Å²) in [6, 6.07) is 0.389. The van der Waals surface area contributed by atoms with Crippen molar-refractivity contribution >= 4 is 11.5 Å². The van der Waals surface area contributed by atoms with Crippen LogP contribution in [0.5, 0.6) is 6.01 Å². The minimum Gasteiger partial charge on any atom is -0.468 e. The van der Waals surface area contributed by atoms with Gasteiger partial charge in [0.1, 0.15) is 11.9 Å². The minimum atomic E-state index is -0.150. The normalized spacial score (nSPS) is 12.2. The molecule has 1 heterocycles. The molecule has 0 amide bonds. The van der Waals surface area contributed by atoms with E-state index in [1.807, 2.05) is 6.92 Å². The molecule has 0 saturated heterocycles. The molecule has 6 nitrogen and oxygen atoms in total. The first-order valence-corrected chi connectivity index (χ1v) is 6.16. The third kappa shape index (κ3) is 4.03. The largest absolute Gasteiger partial charge is 0.468 e.